The molecule has 1 aromatic rings. The molecule has 1 aromatic carbocycles. The van der Waals surface area contributed by atoms with E-state index in [4.69, 9.17) is 0 Å². The minimum atomic E-state index is -1.13. The molecule has 104 valence electrons. The fraction of sp³-hybridized carbons (Fsp3) is 0.462. The van der Waals surface area contributed by atoms with Crippen LogP contribution in [0.2, 0.25) is 0 Å². The molecule has 0 fully saturated rings. The number of carboxylic acids is 1. The number of nitro benzene ring substituents is 1. The summed E-state index contributed by atoms with van der Waals surface area (Å²) in [5.41, 5.74) is -0.0417. The zero-order valence-electron chi connectivity index (χ0n) is 11.5. The minimum Gasteiger partial charge on any atom is -0.480 e. The molecular weight excluding hydrogens is 248 g/mol. The van der Waals surface area contributed by atoms with E-state index in [1.54, 1.807) is 37.8 Å². The van der Waals surface area contributed by atoms with Crippen LogP contribution >= 0.6 is 0 Å². The van der Waals surface area contributed by atoms with E-state index in [1.165, 1.54) is 6.07 Å². The Hall–Kier alpha value is -2.11. The number of aliphatic carboxylic acids is 1. The molecule has 19 heavy (non-hydrogen) atoms. The number of likely N-dealkylation sites (N-methyl/N-ethyl adjacent to an activating group) is 1. The van der Waals surface area contributed by atoms with E-state index in [9.17, 15) is 20.0 Å². The van der Waals surface area contributed by atoms with Gasteiger partial charge in [-0.3, -0.25) is 10.1 Å². The second-order valence-corrected chi connectivity index (χ2v) is 4.84. The summed E-state index contributed by atoms with van der Waals surface area (Å²) in [6, 6.07) is 4.76. The third-order valence-corrected chi connectivity index (χ3v) is 3.22. The maximum absolute atomic E-state index is 11.3. The van der Waals surface area contributed by atoms with Crippen LogP contribution in [-0.4, -0.2) is 28.1 Å². The van der Waals surface area contributed by atoms with Gasteiger partial charge in [0.2, 0.25) is 0 Å². The Kier molecular flexibility index (Phi) is 4.14. The number of hydrogen-bond donors (Lipinski definition) is 1. The molecule has 6 nitrogen and oxygen atoms in total. The number of carbonyl (C=O) groups is 1. The highest BCUT2D eigenvalue weighted by atomic mass is 16.6. The molecule has 0 aromatic heterocycles. The molecule has 0 bridgehead atoms. The van der Waals surface area contributed by atoms with E-state index in [-0.39, 0.29) is 5.69 Å². The largest absolute Gasteiger partial charge is 0.480 e. The van der Waals surface area contributed by atoms with Crippen molar-refractivity contribution in [2.24, 2.45) is 0 Å². The highest BCUT2D eigenvalue weighted by Crippen LogP contribution is 2.29. The van der Waals surface area contributed by atoms with Gasteiger partial charge in [-0.2, -0.15) is 0 Å². The van der Waals surface area contributed by atoms with Gasteiger partial charge in [0, 0.05) is 23.9 Å². The molecule has 0 heterocycles. The summed E-state index contributed by atoms with van der Waals surface area (Å²) in [4.78, 5) is 23.4. The summed E-state index contributed by atoms with van der Waals surface area (Å²) in [5, 5.41) is 20.2. The normalized spacial score (nSPS) is 11.2. The molecule has 0 aliphatic rings. The average Bonchev–Trinajstić information content (AvgIpc) is 2.31. The highest BCUT2D eigenvalue weighted by Gasteiger charge is 2.34. The van der Waals surface area contributed by atoms with Crippen molar-refractivity contribution >= 4 is 17.3 Å². The van der Waals surface area contributed by atoms with Crippen molar-refractivity contribution in [2.75, 3.05) is 11.4 Å². The SMILES string of the molecule is CCN(c1ccc(C)c([N+](=O)[O-])c1)C(C)(C)C(=O)O. The lowest BCUT2D eigenvalue weighted by Gasteiger charge is -2.36. The smallest absolute Gasteiger partial charge is 0.328 e. The van der Waals surface area contributed by atoms with Crippen LogP contribution in [-0.2, 0) is 4.79 Å². The summed E-state index contributed by atoms with van der Waals surface area (Å²) in [5.74, 6) is -0.974. The number of anilines is 1. The highest BCUT2D eigenvalue weighted by molar-refractivity contribution is 5.82. The summed E-state index contributed by atoms with van der Waals surface area (Å²) >= 11 is 0. The number of rotatable bonds is 5. The van der Waals surface area contributed by atoms with Crippen LogP contribution in [0.5, 0.6) is 0 Å². The monoisotopic (exact) mass is 266 g/mol. The molecule has 6 heteroatoms. The van der Waals surface area contributed by atoms with Gasteiger partial charge < -0.3 is 10.0 Å². The molecule has 0 spiro atoms. The Balaban J connectivity index is 3.31. The number of nitro groups is 1. The fourth-order valence-corrected chi connectivity index (χ4v) is 1.98. The van der Waals surface area contributed by atoms with E-state index >= 15 is 0 Å². The Labute approximate surface area is 111 Å². The molecule has 0 unspecified atom stereocenters. The predicted molar refractivity (Wildman–Crippen MR) is 72.6 cm³/mol. The van der Waals surface area contributed by atoms with Gasteiger partial charge in [0.05, 0.1) is 4.92 Å². The molecule has 0 radical (unpaired) electrons. The quantitative estimate of drug-likeness (QED) is 0.654. The van der Waals surface area contributed by atoms with Crippen molar-refractivity contribution < 1.29 is 14.8 Å². The number of nitrogens with zero attached hydrogens (tertiary/aromatic N) is 2. The first-order valence-electron chi connectivity index (χ1n) is 5.98. The molecule has 0 amide bonds. The first kappa shape index (κ1) is 14.9. The van der Waals surface area contributed by atoms with Crippen LogP contribution in [0.4, 0.5) is 11.4 Å². The van der Waals surface area contributed by atoms with E-state index in [2.05, 4.69) is 0 Å². The van der Waals surface area contributed by atoms with E-state index in [0.29, 0.717) is 17.8 Å². The first-order valence-corrected chi connectivity index (χ1v) is 5.98. The molecule has 0 saturated carbocycles. The number of hydrogen-bond acceptors (Lipinski definition) is 4. The van der Waals surface area contributed by atoms with Crippen LogP contribution < -0.4 is 4.90 Å². The van der Waals surface area contributed by atoms with Crippen LogP contribution in [0.15, 0.2) is 18.2 Å². The minimum absolute atomic E-state index is 0.00265. The van der Waals surface area contributed by atoms with Crippen molar-refractivity contribution in [3.8, 4) is 0 Å². The van der Waals surface area contributed by atoms with Crippen molar-refractivity contribution in [1.82, 2.24) is 0 Å². The molecule has 0 aliphatic heterocycles. The maximum atomic E-state index is 11.3. The standard InChI is InChI=1S/C13H18N2O4/c1-5-14(13(3,4)12(16)17)10-7-6-9(2)11(8-10)15(18)19/h6-8H,5H2,1-4H3,(H,16,17). The summed E-state index contributed by atoms with van der Waals surface area (Å²) in [6.45, 7) is 7.06. The van der Waals surface area contributed by atoms with Gasteiger partial charge >= 0.3 is 5.97 Å². The zero-order chi connectivity index (χ0) is 14.8. The summed E-state index contributed by atoms with van der Waals surface area (Å²) in [7, 11) is 0. The van der Waals surface area contributed by atoms with Crippen molar-refractivity contribution in [3.63, 3.8) is 0 Å². The maximum Gasteiger partial charge on any atom is 0.328 e. The molecule has 0 atom stereocenters. The van der Waals surface area contributed by atoms with E-state index < -0.39 is 16.4 Å². The third-order valence-electron chi connectivity index (χ3n) is 3.22. The van der Waals surface area contributed by atoms with Gasteiger partial charge in [0.1, 0.15) is 5.54 Å². The van der Waals surface area contributed by atoms with E-state index in [0.717, 1.165) is 0 Å². The number of benzene rings is 1. The van der Waals surface area contributed by atoms with Crippen LogP contribution in [0.1, 0.15) is 26.3 Å². The number of aryl methyl sites for hydroxylation is 1. The Bertz CT molecular complexity index is 511. The van der Waals surface area contributed by atoms with Crippen molar-refractivity contribution in [1.29, 1.82) is 0 Å². The summed E-state index contributed by atoms with van der Waals surface area (Å²) in [6.07, 6.45) is 0. The molecule has 0 aliphatic carbocycles. The third kappa shape index (κ3) is 2.83. The van der Waals surface area contributed by atoms with Crippen LogP contribution in [0, 0.1) is 17.0 Å². The van der Waals surface area contributed by atoms with Gasteiger partial charge in [0.25, 0.3) is 5.69 Å². The van der Waals surface area contributed by atoms with Gasteiger partial charge in [-0.25, -0.2) is 4.79 Å². The zero-order valence-corrected chi connectivity index (χ0v) is 11.5. The van der Waals surface area contributed by atoms with Crippen molar-refractivity contribution in [2.45, 2.75) is 33.2 Å². The topological polar surface area (TPSA) is 83.7 Å². The molecule has 1 rings (SSSR count). The van der Waals surface area contributed by atoms with Gasteiger partial charge in [-0.15, -0.1) is 0 Å². The fourth-order valence-electron chi connectivity index (χ4n) is 1.98. The van der Waals surface area contributed by atoms with Crippen LogP contribution in [0.3, 0.4) is 0 Å². The Morgan fingerprint density at radius 2 is 2.05 bits per heavy atom. The lowest BCUT2D eigenvalue weighted by Crippen LogP contribution is -2.50. The number of carboxylic acid groups (broad SMARTS) is 1. The lowest BCUT2D eigenvalue weighted by atomic mass is 10.0. The summed E-state index contributed by atoms with van der Waals surface area (Å²) < 4.78 is 0. The first-order chi connectivity index (χ1) is 8.71. The van der Waals surface area contributed by atoms with Crippen LogP contribution in [0.25, 0.3) is 0 Å². The second-order valence-electron chi connectivity index (χ2n) is 4.84. The Morgan fingerprint density at radius 3 is 2.47 bits per heavy atom. The Morgan fingerprint density at radius 1 is 1.47 bits per heavy atom. The average molecular weight is 266 g/mol. The molecular formula is C13H18N2O4. The van der Waals surface area contributed by atoms with Gasteiger partial charge in [0.15, 0.2) is 0 Å². The van der Waals surface area contributed by atoms with Crippen molar-refractivity contribution in [3.05, 3.63) is 33.9 Å². The van der Waals surface area contributed by atoms with Gasteiger partial charge in [-0.1, -0.05) is 6.07 Å². The second kappa shape index (κ2) is 5.26. The van der Waals surface area contributed by atoms with E-state index in [1.807, 2.05) is 6.92 Å². The predicted octanol–water partition coefficient (Wildman–Crippen LogP) is 2.59. The molecule has 1 N–H and O–H groups in total. The molecule has 0 saturated heterocycles. The van der Waals surface area contributed by atoms with Gasteiger partial charge in [-0.05, 0) is 33.8 Å². The lowest BCUT2D eigenvalue weighted by molar-refractivity contribution is -0.385.